The van der Waals surface area contributed by atoms with E-state index in [0.717, 1.165) is 5.56 Å². The van der Waals surface area contributed by atoms with Crippen molar-refractivity contribution in [3.63, 3.8) is 0 Å². The van der Waals surface area contributed by atoms with E-state index < -0.39 is 12.0 Å². The molecule has 1 fully saturated rings. The van der Waals surface area contributed by atoms with Crippen LogP contribution in [0.1, 0.15) is 18.4 Å². The van der Waals surface area contributed by atoms with Gasteiger partial charge in [0.15, 0.2) is 6.04 Å². The van der Waals surface area contributed by atoms with Gasteiger partial charge in [0, 0.05) is 19.6 Å². The predicted octanol–water partition coefficient (Wildman–Crippen LogP) is 1.30. The standard InChI is InChI=1S/C16H21NO5/c18-15(17-8-10-22-12-14(17)16(19)20)7-4-9-21-11-13-5-2-1-3-6-13/h1-3,5-6,14H,4,7-12H2,(H,19,20). The number of ether oxygens (including phenoxy) is 2. The summed E-state index contributed by atoms with van der Waals surface area (Å²) in [5, 5.41) is 9.09. The highest BCUT2D eigenvalue weighted by Crippen LogP contribution is 2.10. The SMILES string of the molecule is O=C(O)C1COCCN1C(=O)CCCOCc1ccccc1. The number of carbonyl (C=O) groups is 2. The second kappa shape index (κ2) is 8.51. The zero-order chi connectivity index (χ0) is 15.8. The molecular formula is C16H21NO5. The third-order valence-electron chi connectivity index (χ3n) is 3.52. The molecule has 0 saturated carbocycles. The van der Waals surface area contributed by atoms with Gasteiger partial charge in [-0.15, -0.1) is 0 Å². The van der Waals surface area contributed by atoms with E-state index in [9.17, 15) is 9.59 Å². The lowest BCUT2D eigenvalue weighted by atomic mass is 10.2. The lowest BCUT2D eigenvalue weighted by Crippen LogP contribution is -2.52. The Morgan fingerprint density at radius 2 is 2.09 bits per heavy atom. The number of benzene rings is 1. The molecule has 1 aliphatic heterocycles. The van der Waals surface area contributed by atoms with Gasteiger partial charge in [0.25, 0.3) is 0 Å². The second-order valence-electron chi connectivity index (χ2n) is 5.16. The van der Waals surface area contributed by atoms with Gasteiger partial charge in [0.05, 0.1) is 19.8 Å². The van der Waals surface area contributed by atoms with Gasteiger partial charge in [-0.1, -0.05) is 30.3 Å². The van der Waals surface area contributed by atoms with Gasteiger partial charge < -0.3 is 19.5 Å². The first kappa shape index (κ1) is 16.5. The maximum absolute atomic E-state index is 12.1. The van der Waals surface area contributed by atoms with E-state index in [1.807, 2.05) is 30.3 Å². The molecule has 0 radical (unpaired) electrons. The van der Waals surface area contributed by atoms with Gasteiger partial charge in [0.1, 0.15) is 0 Å². The molecule has 120 valence electrons. The van der Waals surface area contributed by atoms with Crippen molar-refractivity contribution in [2.24, 2.45) is 0 Å². The molecule has 2 rings (SSSR count). The fourth-order valence-electron chi connectivity index (χ4n) is 2.34. The third kappa shape index (κ3) is 4.82. The summed E-state index contributed by atoms with van der Waals surface area (Å²) in [6.45, 7) is 1.78. The molecule has 22 heavy (non-hydrogen) atoms. The number of aliphatic carboxylic acids is 1. The summed E-state index contributed by atoms with van der Waals surface area (Å²) < 4.78 is 10.6. The van der Waals surface area contributed by atoms with Crippen LogP contribution in [0.2, 0.25) is 0 Å². The second-order valence-corrected chi connectivity index (χ2v) is 5.16. The van der Waals surface area contributed by atoms with Gasteiger partial charge >= 0.3 is 5.97 Å². The van der Waals surface area contributed by atoms with Crippen LogP contribution >= 0.6 is 0 Å². The van der Waals surface area contributed by atoms with Crippen LogP contribution in [0.3, 0.4) is 0 Å². The molecule has 0 aliphatic carbocycles. The van der Waals surface area contributed by atoms with Crippen LogP contribution in [0, 0.1) is 0 Å². The third-order valence-corrected chi connectivity index (χ3v) is 3.52. The minimum atomic E-state index is -1.02. The molecule has 0 spiro atoms. The Balaban J connectivity index is 1.67. The van der Waals surface area contributed by atoms with E-state index in [0.29, 0.717) is 39.2 Å². The Morgan fingerprint density at radius 1 is 1.32 bits per heavy atom. The minimum absolute atomic E-state index is 0.0611. The molecule has 0 aromatic heterocycles. The first-order valence-electron chi connectivity index (χ1n) is 7.40. The van der Waals surface area contributed by atoms with Gasteiger partial charge in [-0.25, -0.2) is 4.79 Å². The van der Waals surface area contributed by atoms with Crippen molar-refractivity contribution in [1.29, 1.82) is 0 Å². The van der Waals surface area contributed by atoms with E-state index in [-0.39, 0.29) is 12.5 Å². The molecule has 1 saturated heterocycles. The van der Waals surface area contributed by atoms with E-state index in [1.165, 1.54) is 4.90 Å². The average molecular weight is 307 g/mol. The van der Waals surface area contributed by atoms with Crippen molar-refractivity contribution in [2.45, 2.75) is 25.5 Å². The smallest absolute Gasteiger partial charge is 0.328 e. The number of rotatable bonds is 7. The number of carboxylic acid groups (broad SMARTS) is 1. The maximum Gasteiger partial charge on any atom is 0.328 e. The normalized spacial score (nSPS) is 18.2. The van der Waals surface area contributed by atoms with Crippen molar-refractivity contribution >= 4 is 11.9 Å². The van der Waals surface area contributed by atoms with Crippen LogP contribution in [-0.2, 0) is 25.7 Å². The van der Waals surface area contributed by atoms with E-state index in [2.05, 4.69) is 0 Å². The summed E-state index contributed by atoms with van der Waals surface area (Å²) in [6, 6.07) is 8.95. The van der Waals surface area contributed by atoms with Crippen LogP contribution < -0.4 is 0 Å². The molecule has 1 aliphatic rings. The van der Waals surface area contributed by atoms with E-state index >= 15 is 0 Å². The molecule has 1 atom stereocenters. The highest BCUT2D eigenvalue weighted by molar-refractivity contribution is 5.83. The number of nitrogens with zero attached hydrogens (tertiary/aromatic N) is 1. The van der Waals surface area contributed by atoms with Crippen molar-refractivity contribution in [2.75, 3.05) is 26.4 Å². The molecule has 6 heteroatoms. The van der Waals surface area contributed by atoms with Crippen LogP contribution in [0.5, 0.6) is 0 Å². The van der Waals surface area contributed by atoms with Gasteiger partial charge in [0.2, 0.25) is 5.91 Å². The Labute approximate surface area is 129 Å². The average Bonchev–Trinajstić information content (AvgIpc) is 2.55. The molecule has 1 amide bonds. The van der Waals surface area contributed by atoms with Crippen LogP contribution in [0.25, 0.3) is 0 Å². The Hall–Kier alpha value is -1.92. The Bertz CT molecular complexity index is 491. The summed E-state index contributed by atoms with van der Waals surface area (Å²) in [7, 11) is 0. The molecule has 1 heterocycles. The zero-order valence-corrected chi connectivity index (χ0v) is 12.4. The Morgan fingerprint density at radius 3 is 2.82 bits per heavy atom. The molecule has 1 unspecified atom stereocenters. The first-order valence-corrected chi connectivity index (χ1v) is 7.40. The Kier molecular flexibility index (Phi) is 6.36. The number of amides is 1. The van der Waals surface area contributed by atoms with Gasteiger partial charge in [-0.05, 0) is 12.0 Å². The van der Waals surface area contributed by atoms with Crippen molar-refractivity contribution < 1.29 is 24.2 Å². The fourth-order valence-corrected chi connectivity index (χ4v) is 2.34. The molecule has 0 bridgehead atoms. The maximum atomic E-state index is 12.1. The number of hydrogen-bond donors (Lipinski definition) is 1. The van der Waals surface area contributed by atoms with E-state index in [4.69, 9.17) is 14.6 Å². The number of morpholine rings is 1. The molecule has 1 aromatic carbocycles. The topological polar surface area (TPSA) is 76.1 Å². The van der Waals surface area contributed by atoms with Crippen LogP contribution in [-0.4, -0.2) is 54.3 Å². The summed E-state index contributed by atoms with van der Waals surface area (Å²) in [6.07, 6.45) is 0.869. The minimum Gasteiger partial charge on any atom is -0.480 e. The molecular weight excluding hydrogens is 286 g/mol. The quantitative estimate of drug-likeness (QED) is 0.768. The van der Waals surface area contributed by atoms with Crippen LogP contribution in [0.4, 0.5) is 0 Å². The summed E-state index contributed by atoms with van der Waals surface area (Å²) in [5.41, 5.74) is 1.09. The number of carbonyl (C=O) groups excluding carboxylic acids is 1. The molecule has 1 aromatic rings. The van der Waals surface area contributed by atoms with Crippen molar-refractivity contribution in [1.82, 2.24) is 4.90 Å². The zero-order valence-electron chi connectivity index (χ0n) is 12.4. The highest BCUT2D eigenvalue weighted by atomic mass is 16.5. The molecule has 6 nitrogen and oxygen atoms in total. The lowest BCUT2D eigenvalue weighted by molar-refractivity contribution is -0.158. The summed E-state index contributed by atoms with van der Waals surface area (Å²) in [4.78, 5) is 24.6. The van der Waals surface area contributed by atoms with Crippen molar-refractivity contribution in [3.05, 3.63) is 35.9 Å². The highest BCUT2D eigenvalue weighted by Gasteiger charge is 2.32. The van der Waals surface area contributed by atoms with Crippen molar-refractivity contribution in [3.8, 4) is 0 Å². The fraction of sp³-hybridized carbons (Fsp3) is 0.500. The first-order chi connectivity index (χ1) is 10.7. The van der Waals surface area contributed by atoms with Gasteiger partial charge in [-0.3, -0.25) is 4.79 Å². The summed E-state index contributed by atoms with van der Waals surface area (Å²) >= 11 is 0. The lowest BCUT2D eigenvalue weighted by Gasteiger charge is -2.32. The van der Waals surface area contributed by atoms with E-state index in [1.54, 1.807) is 0 Å². The van der Waals surface area contributed by atoms with Crippen LogP contribution in [0.15, 0.2) is 30.3 Å². The van der Waals surface area contributed by atoms with Gasteiger partial charge in [-0.2, -0.15) is 0 Å². The number of carboxylic acids is 1. The summed E-state index contributed by atoms with van der Waals surface area (Å²) in [5.74, 6) is -1.17. The molecule has 1 N–H and O–H groups in total. The largest absolute Gasteiger partial charge is 0.480 e. The monoisotopic (exact) mass is 307 g/mol. The predicted molar refractivity (Wildman–Crippen MR) is 79.3 cm³/mol. The number of hydrogen-bond acceptors (Lipinski definition) is 4.